The van der Waals surface area contributed by atoms with E-state index in [-0.39, 0.29) is 0 Å². The fourth-order valence-electron chi connectivity index (χ4n) is 2.90. The van der Waals surface area contributed by atoms with Crippen molar-refractivity contribution in [2.24, 2.45) is 0 Å². The molecule has 1 aliphatic heterocycles. The smallest absolute Gasteiger partial charge is 0.0708 e. The maximum absolute atomic E-state index is 4.49. The number of fused-ring (bicyclic) bond motifs is 1. The summed E-state index contributed by atoms with van der Waals surface area (Å²) in [7, 11) is 2.04. The van der Waals surface area contributed by atoms with E-state index in [1.54, 1.807) is 0 Å². The SMILES string of the molecule is CN1NCC=C1c1ccc2nccc(-c3ccncc3)c2c1. The summed E-state index contributed by atoms with van der Waals surface area (Å²) in [6.07, 6.45) is 7.70. The molecule has 0 bridgehead atoms. The average Bonchev–Trinajstić information content (AvgIpc) is 3.01. The summed E-state index contributed by atoms with van der Waals surface area (Å²) in [6, 6.07) is 12.6. The lowest BCUT2D eigenvalue weighted by Gasteiger charge is -2.17. The third-order valence-electron chi connectivity index (χ3n) is 4.01. The molecule has 0 fully saturated rings. The number of aromatic nitrogens is 2. The van der Waals surface area contributed by atoms with Crippen molar-refractivity contribution in [3.63, 3.8) is 0 Å². The second-order valence-electron chi connectivity index (χ2n) is 5.34. The number of nitrogens with zero attached hydrogens (tertiary/aromatic N) is 3. The van der Waals surface area contributed by atoms with E-state index >= 15 is 0 Å². The lowest BCUT2D eigenvalue weighted by molar-refractivity contribution is 0.392. The minimum absolute atomic E-state index is 0.869. The molecule has 22 heavy (non-hydrogen) atoms. The van der Waals surface area contributed by atoms with Gasteiger partial charge in [-0.3, -0.25) is 9.97 Å². The number of benzene rings is 1. The van der Waals surface area contributed by atoms with Gasteiger partial charge in [0.1, 0.15) is 0 Å². The number of nitrogens with one attached hydrogen (secondary N) is 1. The monoisotopic (exact) mass is 288 g/mol. The van der Waals surface area contributed by atoms with E-state index < -0.39 is 0 Å². The van der Waals surface area contributed by atoms with Crippen LogP contribution in [0.15, 0.2) is 61.1 Å². The Labute approximate surface area is 129 Å². The maximum atomic E-state index is 4.49. The Morgan fingerprint density at radius 1 is 1.00 bits per heavy atom. The van der Waals surface area contributed by atoms with E-state index in [4.69, 9.17) is 0 Å². The van der Waals surface area contributed by atoms with E-state index in [9.17, 15) is 0 Å². The van der Waals surface area contributed by atoms with Gasteiger partial charge in [-0.25, -0.2) is 5.43 Å². The van der Waals surface area contributed by atoms with Crippen LogP contribution < -0.4 is 5.43 Å². The molecule has 0 unspecified atom stereocenters. The molecule has 3 aromatic rings. The van der Waals surface area contributed by atoms with Gasteiger partial charge < -0.3 is 5.01 Å². The van der Waals surface area contributed by atoms with Crippen molar-refractivity contribution in [3.8, 4) is 11.1 Å². The Kier molecular flexibility index (Phi) is 3.09. The zero-order chi connectivity index (χ0) is 14.9. The largest absolute Gasteiger partial charge is 0.311 e. The molecule has 0 spiro atoms. The fraction of sp³-hybridized carbons (Fsp3) is 0.111. The van der Waals surface area contributed by atoms with Gasteiger partial charge in [0.2, 0.25) is 0 Å². The fourth-order valence-corrected chi connectivity index (χ4v) is 2.90. The first kappa shape index (κ1) is 13.0. The molecule has 0 atom stereocenters. The van der Waals surface area contributed by atoms with Crippen LogP contribution in [0, 0.1) is 0 Å². The summed E-state index contributed by atoms with van der Waals surface area (Å²) >= 11 is 0. The van der Waals surface area contributed by atoms with E-state index in [0.29, 0.717) is 0 Å². The Morgan fingerprint density at radius 2 is 1.86 bits per heavy atom. The summed E-state index contributed by atoms with van der Waals surface area (Å²) in [4.78, 5) is 8.59. The number of rotatable bonds is 2. The number of hydrogen-bond donors (Lipinski definition) is 1. The van der Waals surface area contributed by atoms with E-state index in [2.05, 4.69) is 50.7 Å². The van der Waals surface area contributed by atoms with Gasteiger partial charge >= 0.3 is 0 Å². The summed E-state index contributed by atoms with van der Waals surface area (Å²) < 4.78 is 0. The van der Waals surface area contributed by atoms with E-state index in [1.165, 1.54) is 16.8 Å². The van der Waals surface area contributed by atoms with Gasteiger partial charge in [-0.15, -0.1) is 0 Å². The summed E-state index contributed by atoms with van der Waals surface area (Å²) in [5, 5.41) is 3.22. The van der Waals surface area contributed by atoms with Crippen LogP contribution in [0.4, 0.5) is 0 Å². The van der Waals surface area contributed by atoms with Crippen molar-refractivity contribution >= 4 is 16.6 Å². The molecular formula is C18H16N4. The van der Waals surface area contributed by atoms with Gasteiger partial charge in [0.05, 0.1) is 11.2 Å². The molecule has 0 amide bonds. The van der Waals surface area contributed by atoms with Crippen molar-refractivity contribution < 1.29 is 0 Å². The van der Waals surface area contributed by atoms with Gasteiger partial charge in [-0.2, -0.15) is 0 Å². The minimum atomic E-state index is 0.869. The van der Waals surface area contributed by atoms with Crippen molar-refractivity contribution in [2.45, 2.75) is 0 Å². The molecule has 2 aromatic heterocycles. The van der Waals surface area contributed by atoms with E-state index in [1.807, 2.05) is 37.8 Å². The third-order valence-corrected chi connectivity index (χ3v) is 4.01. The minimum Gasteiger partial charge on any atom is -0.311 e. The third kappa shape index (κ3) is 2.14. The first-order valence-electron chi connectivity index (χ1n) is 7.30. The predicted molar refractivity (Wildman–Crippen MR) is 88.7 cm³/mol. The molecule has 0 aliphatic carbocycles. The van der Waals surface area contributed by atoms with Gasteiger partial charge in [-0.1, -0.05) is 6.07 Å². The Morgan fingerprint density at radius 3 is 2.64 bits per heavy atom. The zero-order valence-corrected chi connectivity index (χ0v) is 12.3. The molecule has 0 saturated carbocycles. The lowest BCUT2D eigenvalue weighted by atomic mass is 9.99. The highest BCUT2D eigenvalue weighted by Crippen LogP contribution is 2.30. The average molecular weight is 288 g/mol. The van der Waals surface area contributed by atoms with Gasteiger partial charge in [0.25, 0.3) is 0 Å². The van der Waals surface area contributed by atoms with Gasteiger partial charge in [0, 0.05) is 37.6 Å². The Balaban J connectivity index is 1.91. The zero-order valence-electron chi connectivity index (χ0n) is 12.3. The predicted octanol–water partition coefficient (Wildman–Crippen LogP) is 3.09. The highest BCUT2D eigenvalue weighted by atomic mass is 15.5. The topological polar surface area (TPSA) is 41.0 Å². The van der Waals surface area contributed by atoms with Gasteiger partial charge in [0.15, 0.2) is 0 Å². The van der Waals surface area contributed by atoms with Crippen LogP contribution in [-0.4, -0.2) is 28.6 Å². The van der Waals surface area contributed by atoms with Crippen LogP contribution in [-0.2, 0) is 0 Å². The number of pyridine rings is 2. The van der Waals surface area contributed by atoms with Crippen LogP contribution in [0.25, 0.3) is 27.7 Å². The summed E-state index contributed by atoms with van der Waals surface area (Å²) in [6.45, 7) is 0.869. The van der Waals surface area contributed by atoms with E-state index in [0.717, 1.165) is 23.0 Å². The van der Waals surface area contributed by atoms with Crippen LogP contribution in [0.3, 0.4) is 0 Å². The molecule has 1 aromatic carbocycles. The quantitative estimate of drug-likeness (QED) is 0.787. The molecule has 1 N–H and O–H groups in total. The lowest BCUT2D eigenvalue weighted by Crippen LogP contribution is -2.26. The van der Waals surface area contributed by atoms with Crippen molar-refractivity contribution in [3.05, 3.63) is 66.6 Å². The molecular weight excluding hydrogens is 272 g/mol. The maximum Gasteiger partial charge on any atom is 0.0708 e. The first-order chi connectivity index (χ1) is 10.8. The molecule has 4 rings (SSSR count). The van der Waals surface area contributed by atoms with Crippen molar-refractivity contribution in [1.82, 2.24) is 20.4 Å². The molecule has 0 radical (unpaired) electrons. The second-order valence-corrected chi connectivity index (χ2v) is 5.34. The molecule has 4 heteroatoms. The van der Waals surface area contributed by atoms with Crippen molar-refractivity contribution in [1.29, 1.82) is 0 Å². The Hall–Kier alpha value is -2.72. The standard InChI is InChI=1S/C18H16N4/c1-22-18(7-11-21-22)14-2-3-17-16(12-14)15(6-10-20-17)13-4-8-19-9-5-13/h2-10,12,21H,11H2,1H3. The molecule has 1 aliphatic rings. The normalized spacial score (nSPS) is 14.4. The van der Waals surface area contributed by atoms with Crippen molar-refractivity contribution in [2.75, 3.05) is 13.6 Å². The van der Waals surface area contributed by atoms with Crippen LogP contribution >= 0.6 is 0 Å². The Bertz CT molecular complexity index is 855. The molecule has 3 heterocycles. The first-order valence-corrected chi connectivity index (χ1v) is 7.30. The highest BCUT2D eigenvalue weighted by Gasteiger charge is 2.13. The molecule has 4 nitrogen and oxygen atoms in total. The number of hydrazine groups is 1. The highest BCUT2D eigenvalue weighted by molar-refractivity contribution is 5.96. The van der Waals surface area contributed by atoms with Crippen LogP contribution in [0.1, 0.15) is 5.56 Å². The van der Waals surface area contributed by atoms with Gasteiger partial charge in [-0.05, 0) is 53.1 Å². The van der Waals surface area contributed by atoms with Crippen LogP contribution in [0.5, 0.6) is 0 Å². The van der Waals surface area contributed by atoms with Crippen LogP contribution in [0.2, 0.25) is 0 Å². The molecule has 108 valence electrons. The molecule has 0 saturated heterocycles. The summed E-state index contributed by atoms with van der Waals surface area (Å²) in [5.41, 5.74) is 9.03. The summed E-state index contributed by atoms with van der Waals surface area (Å²) in [5.74, 6) is 0. The second kappa shape index (κ2) is 5.24. The number of hydrogen-bond acceptors (Lipinski definition) is 4.